The summed E-state index contributed by atoms with van der Waals surface area (Å²) in [6.45, 7) is 0.00283. The van der Waals surface area contributed by atoms with Crippen LogP contribution in [0.25, 0.3) is 0 Å². The fraction of sp³-hybridized carbons (Fsp3) is 0.400. The van der Waals surface area contributed by atoms with Crippen molar-refractivity contribution in [3.63, 3.8) is 0 Å². The first-order chi connectivity index (χ1) is 8.90. The zero-order valence-electron chi connectivity index (χ0n) is 9.63. The molecule has 0 aromatic carbocycles. The molecule has 3 N–H and O–H groups in total. The molecule has 2 atom stereocenters. The zero-order chi connectivity index (χ0) is 14.2. The SMILES string of the molecule is O=C(O)c1cnc(N2CC(O)C(O)C2)c([N+](=O)[O-])c1. The highest BCUT2D eigenvalue weighted by Gasteiger charge is 2.34. The van der Waals surface area contributed by atoms with Gasteiger partial charge in [0, 0.05) is 25.4 Å². The van der Waals surface area contributed by atoms with Gasteiger partial charge < -0.3 is 20.2 Å². The van der Waals surface area contributed by atoms with E-state index in [-0.39, 0.29) is 24.5 Å². The second-order valence-electron chi connectivity index (χ2n) is 4.17. The van der Waals surface area contributed by atoms with Gasteiger partial charge in [-0.2, -0.15) is 0 Å². The van der Waals surface area contributed by atoms with Crippen molar-refractivity contribution in [2.45, 2.75) is 12.2 Å². The molecule has 9 nitrogen and oxygen atoms in total. The van der Waals surface area contributed by atoms with Crippen molar-refractivity contribution in [3.05, 3.63) is 27.9 Å². The van der Waals surface area contributed by atoms with Crippen LogP contribution in [0.4, 0.5) is 11.5 Å². The Morgan fingerprint density at radius 2 is 2.00 bits per heavy atom. The molecule has 2 unspecified atom stereocenters. The molecule has 1 aliphatic rings. The molecule has 2 heterocycles. The van der Waals surface area contributed by atoms with Gasteiger partial charge in [0.05, 0.1) is 22.7 Å². The average molecular weight is 269 g/mol. The third kappa shape index (κ3) is 2.46. The third-order valence-corrected chi connectivity index (χ3v) is 2.85. The summed E-state index contributed by atoms with van der Waals surface area (Å²) in [5.41, 5.74) is -0.767. The molecule has 0 aliphatic carbocycles. The van der Waals surface area contributed by atoms with Crippen molar-refractivity contribution in [2.24, 2.45) is 0 Å². The second kappa shape index (κ2) is 4.78. The standard InChI is InChI=1S/C10H11N3O6/c14-7-3-12(4-8(7)15)9-6(13(18)19)1-5(2-11-9)10(16)17/h1-2,7-8,14-15H,3-4H2,(H,16,17). The average Bonchev–Trinajstić information content (AvgIpc) is 2.68. The maximum Gasteiger partial charge on any atom is 0.337 e. The molecule has 19 heavy (non-hydrogen) atoms. The van der Waals surface area contributed by atoms with Crippen LogP contribution in [0.1, 0.15) is 10.4 Å². The zero-order valence-corrected chi connectivity index (χ0v) is 9.63. The number of aromatic carboxylic acids is 1. The van der Waals surface area contributed by atoms with Gasteiger partial charge in [0.1, 0.15) is 0 Å². The number of β-amino-alcohol motifs (C(OH)–C–C–N with tert-alkyl or cyclic N) is 2. The quantitative estimate of drug-likeness (QED) is 0.480. The lowest BCUT2D eigenvalue weighted by atomic mass is 10.2. The molecular formula is C10H11N3O6. The van der Waals surface area contributed by atoms with Gasteiger partial charge in [0.25, 0.3) is 0 Å². The number of hydrogen-bond donors (Lipinski definition) is 3. The molecule has 2 rings (SSSR count). The first-order valence-electron chi connectivity index (χ1n) is 5.39. The van der Waals surface area contributed by atoms with Crippen LogP contribution in [-0.4, -0.2) is 56.5 Å². The molecule has 1 saturated heterocycles. The summed E-state index contributed by atoms with van der Waals surface area (Å²) in [5.74, 6) is -1.38. The number of pyridine rings is 1. The molecule has 1 aliphatic heterocycles. The molecule has 102 valence electrons. The van der Waals surface area contributed by atoms with Gasteiger partial charge in [-0.15, -0.1) is 0 Å². The van der Waals surface area contributed by atoms with Crippen LogP contribution in [0.3, 0.4) is 0 Å². The van der Waals surface area contributed by atoms with Gasteiger partial charge in [-0.3, -0.25) is 10.1 Å². The first kappa shape index (κ1) is 13.2. The van der Waals surface area contributed by atoms with Gasteiger partial charge in [-0.05, 0) is 0 Å². The van der Waals surface area contributed by atoms with Crippen LogP contribution in [0.15, 0.2) is 12.3 Å². The van der Waals surface area contributed by atoms with Crippen LogP contribution in [0.2, 0.25) is 0 Å². The maximum atomic E-state index is 10.9. The minimum atomic E-state index is -1.32. The molecule has 9 heteroatoms. The Labute approximate surface area is 106 Å². The topological polar surface area (TPSA) is 137 Å². The summed E-state index contributed by atoms with van der Waals surface area (Å²) in [5, 5.41) is 38.5. The number of aliphatic hydroxyl groups is 2. The number of rotatable bonds is 3. The number of aromatic nitrogens is 1. The fourth-order valence-corrected chi connectivity index (χ4v) is 1.88. The smallest absolute Gasteiger partial charge is 0.337 e. The Kier molecular flexibility index (Phi) is 3.32. The minimum Gasteiger partial charge on any atom is -0.478 e. The Morgan fingerprint density at radius 1 is 1.42 bits per heavy atom. The van der Waals surface area contributed by atoms with E-state index in [0.29, 0.717) is 0 Å². The number of carboxylic acids is 1. The molecule has 1 aromatic heterocycles. The summed E-state index contributed by atoms with van der Waals surface area (Å²) in [6, 6.07) is 0.905. The number of carbonyl (C=O) groups is 1. The van der Waals surface area contributed by atoms with E-state index >= 15 is 0 Å². The predicted molar refractivity (Wildman–Crippen MR) is 62.1 cm³/mol. The van der Waals surface area contributed by atoms with Gasteiger partial charge in [0.2, 0.25) is 5.82 Å². The Hall–Kier alpha value is -2.26. The number of nitro groups is 1. The molecule has 0 radical (unpaired) electrons. The van der Waals surface area contributed by atoms with E-state index in [9.17, 15) is 25.1 Å². The molecular weight excluding hydrogens is 258 g/mol. The van der Waals surface area contributed by atoms with E-state index in [0.717, 1.165) is 12.3 Å². The molecule has 0 bridgehead atoms. The summed E-state index contributed by atoms with van der Waals surface area (Å²) in [4.78, 5) is 26.0. The summed E-state index contributed by atoms with van der Waals surface area (Å²) in [7, 11) is 0. The lowest BCUT2D eigenvalue weighted by Crippen LogP contribution is -2.23. The van der Waals surface area contributed by atoms with Crippen LogP contribution in [-0.2, 0) is 0 Å². The molecule has 0 amide bonds. The Morgan fingerprint density at radius 3 is 2.47 bits per heavy atom. The van der Waals surface area contributed by atoms with Gasteiger partial charge in [-0.25, -0.2) is 9.78 Å². The van der Waals surface area contributed by atoms with E-state index < -0.39 is 28.8 Å². The lowest BCUT2D eigenvalue weighted by molar-refractivity contribution is -0.384. The third-order valence-electron chi connectivity index (χ3n) is 2.85. The van der Waals surface area contributed by atoms with E-state index in [4.69, 9.17) is 5.11 Å². The van der Waals surface area contributed by atoms with E-state index in [1.165, 1.54) is 4.90 Å². The number of nitrogens with zero attached hydrogens (tertiary/aromatic N) is 3. The highest BCUT2D eigenvalue weighted by molar-refractivity contribution is 5.88. The molecule has 1 aromatic rings. The van der Waals surface area contributed by atoms with Crippen molar-refractivity contribution in [1.29, 1.82) is 0 Å². The van der Waals surface area contributed by atoms with Crippen molar-refractivity contribution in [3.8, 4) is 0 Å². The van der Waals surface area contributed by atoms with Crippen molar-refractivity contribution in [1.82, 2.24) is 4.98 Å². The first-order valence-corrected chi connectivity index (χ1v) is 5.39. The predicted octanol–water partition coefficient (Wildman–Crippen LogP) is -0.770. The summed E-state index contributed by atoms with van der Waals surface area (Å²) < 4.78 is 0. The number of carboxylic acid groups (broad SMARTS) is 1. The monoisotopic (exact) mass is 269 g/mol. The normalized spacial score (nSPS) is 22.5. The summed E-state index contributed by atoms with van der Waals surface area (Å²) >= 11 is 0. The lowest BCUT2D eigenvalue weighted by Gasteiger charge is -2.16. The number of aliphatic hydroxyl groups excluding tert-OH is 2. The van der Waals surface area contributed by atoms with Crippen LogP contribution < -0.4 is 4.90 Å². The van der Waals surface area contributed by atoms with Crippen LogP contribution >= 0.6 is 0 Å². The Balaban J connectivity index is 2.40. The highest BCUT2D eigenvalue weighted by atomic mass is 16.6. The van der Waals surface area contributed by atoms with Crippen LogP contribution in [0, 0.1) is 10.1 Å². The largest absolute Gasteiger partial charge is 0.478 e. The number of hydrogen-bond acceptors (Lipinski definition) is 7. The highest BCUT2D eigenvalue weighted by Crippen LogP contribution is 2.29. The van der Waals surface area contributed by atoms with Gasteiger partial charge in [-0.1, -0.05) is 0 Å². The van der Waals surface area contributed by atoms with E-state index in [1.807, 2.05) is 0 Å². The van der Waals surface area contributed by atoms with E-state index in [2.05, 4.69) is 4.98 Å². The molecule has 1 fully saturated rings. The van der Waals surface area contributed by atoms with Gasteiger partial charge in [0.15, 0.2) is 0 Å². The Bertz CT molecular complexity index is 524. The van der Waals surface area contributed by atoms with Crippen molar-refractivity contribution < 1.29 is 25.0 Å². The van der Waals surface area contributed by atoms with Crippen molar-refractivity contribution >= 4 is 17.5 Å². The maximum absolute atomic E-state index is 10.9. The van der Waals surface area contributed by atoms with Gasteiger partial charge >= 0.3 is 11.7 Å². The molecule has 0 spiro atoms. The van der Waals surface area contributed by atoms with Crippen molar-refractivity contribution in [2.75, 3.05) is 18.0 Å². The number of anilines is 1. The summed E-state index contributed by atoms with van der Waals surface area (Å²) in [6.07, 6.45) is -1.03. The minimum absolute atomic E-state index is 0.00141. The van der Waals surface area contributed by atoms with Crippen LogP contribution in [0.5, 0.6) is 0 Å². The second-order valence-corrected chi connectivity index (χ2v) is 4.17. The molecule has 0 saturated carbocycles. The fourth-order valence-electron chi connectivity index (χ4n) is 1.88. The van der Waals surface area contributed by atoms with E-state index in [1.54, 1.807) is 0 Å².